The van der Waals surface area contributed by atoms with Crippen LogP contribution in [0.2, 0.25) is 0 Å². The monoisotopic (exact) mass is 408 g/mol. The fourth-order valence-electron chi connectivity index (χ4n) is 3.97. The molecule has 2 amide bonds. The molecule has 1 saturated carbocycles. The molecular formula is C25H32N2O3. The summed E-state index contributed by atoms with van der Waals surface area (Å²) in [5.41, 5.74) is 3.07. The largest absolute Gasteiger partial charge is 0.497 e. The summed E-state index contributed by atoms with van der Waals surface area (Å²) in [5, 5.41) is 3.14. The zero-order valence-electron chi connectivity index (χ0n) is 18.2. The minimum Gasteiger partial charge on any atom is -0.497 e. The minimum atomic E-state index is -0.532. The lowest BCUT2D eigenvalue weighted by Crippen LogP contribution is -2.50. The quantitative estimate of drug-likeness (QED) is 0.718. The topological polar surface area (TPSA) is 58.6 Å². The second-order valence-corrected chi connectivity index (χ2v) is 8.14. The van der Waals surface area contributed by atoms with Gasteiger partial charge < -0.3 is 15.0 Å². The van der Waals surface area contributed by atoms with Crippen molar-refractivity contribution in [2.75, 3.05) is 7.11 Å². The van der Waals surface area contributed by atoms with E-state index < -0.39 is 6.04 Å². The van der Waals surface area contributed by atoms with Gasteiger partial charge in [0.1, 0.15) is 11.8 Å². The summed E-state index contributed by atoms with van der Waals surface area (Å²) >= 11 is 0. The molecule has 30 heavy (non-hydrogen) atoms. The first-order valence-electron chi connectivity index (χ1n) is 10.7. The second kappa shape index (κ2) is 10.3. The average Bonchev–Trinajstić information content (AvgIpc) is 3.26. The van der Waals surface area contributed by atoms with Crippen LogP contribution in [0.5, 0.6) is 5.75 Å². The number of carbonyl (C=O) groups is 2. The molecule has 160 valence electrons. The van der Waals surface area contributed by atoms with Crippen LogP contribution in [-0.4, -0.2) is 35.9 Å². The number of hydrogen-bond donors (Lipinski definition) is 1. The third-order valence-electron chi connectivity index (χ3n) is 5.99. The lowest BCUT2D eigenvalue weighted by Gasteiger charge is -2.30. The predicted molar refractivity (Wildman–Crippen MR) is 118 cm³/mol. The number of nitrogens with zero attached hydrogens (tertiary/aromatic N) is 1. The van der Waals surface area contributed by atoms with Gasteiger partial charge in [-0.05, 0) is 55.5 Å². The van der Waals surface area contributed by atoms with Gasteiger partial charge in [0.2, 0.25) is 11.8 Å². The van der Waals surface area contributed by atoms with Crippen molar-refractivity contribution in [1.29, 1.82) is 0 Å². The van der Waals surface area contributed by atoms with Crippen molar-refractivity contribution < 1.29 is 14.3 Å². The number of aryl methyl sites for hydroxylation is 1. The van der Waals surface area contributed by atoms with Crippen molar-refractivity contribution in [3.05, 3.63) is 65.2 Å². The van der Waals surface area contributed by atoms with E-state index in [2.05, 4.69) is 5.32 Å². The molecule has 1 N–H and O–H groups in total. The van der Waals surface area contributed by atoms with Crippen LogP contribution in [0.25, 0.3) is 0 Å². The highest BCUT2D eigenvalue weighted by Crippen LogP contribution is 2.20. The van der Waals surface area contributed by atoms with E-state index in [1.807, 2.05) is 62.4 Å². The van der Waals surface area contributed by atoms with Crippen LogP contribution in [0.1, 0.15) is 49.3 Å². The maximum absolute atomic E-state index is 13.3. The number of benzene rings is 2. The van der Waals surface area contributed by atoms with E-state index in [-0.39, 0.29) is 24.3 Å². The first-order chi connectivity index (χ1) is 14.5. The Kier molecular flexibility index (Phi) is 7.50. The molecule has 0 bridgehead atoms. The third kappa shape index (κ3) is 5.62. The fourth-order valence-corrected chi connectivity index (χ4v) is 3.97. The molecule has 0 saturated heterocycles. The van der Waals surface area contributed by atoms with Gasteiger partial charge in [0.15, 0.2) is 0 Å². The molecule has 1 aliphatic carbocycles. The van der Waals surface area contributed by atoms with Crippen LogP contribution in [0.15, 0.2) is 48.5 Å². The highest BCUT2D eigenvalue weighted by atomic mass is 16.5. The predicted octanol–water partition coefficient (Wildman–Crippen LogP) is 4.02. The minimum absolute atomic E-state index is 0.0579. The van der Waals surface area contributed by atoms with Crippen molar-refractivity contribution >= 4 is 11.8 Å². The zero-order valence-corrected chi connectivity index (χ0v) is 18.2. The molecule has 1 atom stereocenters. The van der Waals surface area contributed by atoms with Gasteiger partial charge in [-0.15, -0.1) is 0 Å². The van der Waals surface area contributed by atoms with E-state index in [0.29, 0.717) is 6.54 Å². The number of nitrogens with one attached hydrogen (secondary N) is 1. The third-order valence-corrected chi connectivity index (χ3v) is 5.99. The Labute approximate surface area is 179 Å². The van der Waals surface area contributed by atoms with E-state index in [0.717, 1.165) is 48.1 Å². The van der Waals surface area contributed by atoms with Crippen LogP contribution >= 0.6 is 0 Å². The molecule has 5 nitrogen and oxygen atoms in total. The van der Waals surface area contributed by atoms with Gasteiger partial charge in [0.25, 0.3) is 0 Å². The number of methoxy groups -OCH3 is 1. The second-order valence-electron chi connectivity index (χ2n) is 8.14. The number of amides is 2. The highest BCUT2D eigenvalue weighted by molar-refractivity contribution is 5.88. The van der Waals surface area contributed by atoms with Gasteiger partial charge in [-0.25, -0.2) is 0 Å². The Morgan fingerprint density at radius 2 is 1.77 bits per heavy atom. The number of ether oxygens (including phenoxy) is 1. The lowest BCUT2D eigenvalue weighted by atomic mass is 10.1. The molecule has 1 fully saturated rings. The molecular weight excluding hydrogens is 376 g/mol. The summed E-state index contributed by atoms with van der Waals surface area (Å²) in [6.07, 6.45) is 4.61. The van der Waals surface area contributed by atoms with Gasteiger partial charge in [-0.1, -0.05) is 49.2 Å². The molecule has 3 rings (SSSR count). The van der Waals surface area contributed by atoms with Gasteiger partial charge in [0.05, 0.1) is 13.5 Å². The molecule has 0 radical (unpaired) electrons. The Bertz CT molecular complexity index is 857. The van der Waals surface area contributed by atoms with Crippen molar-refractivity contribution in [3.63, 3.8) is 0 Å². The number of rotatable bonds is 8. The summed E-state index contributed by atoms with van der Waals surface area (Å²) in [4.78, 5) is 27.9. The van der Waals surface area contributed by atoms with E-state index in [9.17, 15) is 9.59 Å². The van der Waals surface area contributed by atoms with Crippen LogP contribution < -0.4 is 10.1 Å². The first-order valence-corrected chi connectivity index (χ1v) is 10.7. The molecule has 2 aromatic carbocycles. The van der Waals surface area contributed by atoms with E-state index in [1.165, 1.54) is 0 Å². The smallest absolute Gasteiger partial charge is 0.242 e. The van der Waals surface area contributed by atoms with Gasteiger partial charge in [-0.3, -0.25) is 9.59 Å². The normalized spacial score (nSPS) is 14.9. The van der Waals surface area contributed by atoms with Crippen molar-refractivity contribution in [3.8, 4) is 5.75 Å². The Balaban J connectivity index is 1.77. The molecule has 0 heterocycles. The van der Waals surface area contributed by atoms with E-state index >= 15 is 0 Å². The van der Waals surface area contributed by atoms with E-state index in [4.69, 9.17) is 4.74 Å². The standard InChI is InChI=1S/C25H32N2O3/c1-18-8-4-5-9-21(18)17-27(19(2)25(29)26-22-10-6-7-11-22)24(28)16-20-12-14-23(30-3)15-13-20/h4-5,8-9,12-15,19,22H,6-7,10-11,16-17H2,1-3H3,(H,26,29). The summed E-state index contributed by atoms with van der Waals surface area (Å²) in [7, 11) is 1.62. The molecule has 1 unspecified atom stereocenters. The molecule has 0 aliphatic heterocycles. The van der Waals surface area contributed by atoms with Crippen LogP contribution in [-0.2, 0) is 22.6 Å². The van der Waals surface area contributed by atoms with Crippen LogP contribution in [0.3, 0.4) is 0 Å². The van der Waals surface area contributed by atoms with Crippen molar-refractivity contribution in [1.82, 2.24) is 10.2 Å². The summed E-state index contributed by atoms with van der Waals surface area (Å²) < 4.78 is 5.20. The summed E-state index contributed by atoms with van der Waals surface area (Å²) in [5.74, 6) is 0.628. The molecule has 0 aromatic heterocycles. The fraction of sp³-hybridized carbons (Fsp3) is 0.440. The maximum Gasteiger partial charge on any atom is 0.242 e. The van der Waals surface area contributed by atoms with Crippen LogP contribution in [0.4, 0.5) is 0 Å². The Morgan fingerprint density at radius 1 is 1.10 bits per heavy atom. The van der Waals surface area contributed by atoms with Crippen molar-refractivity contribution in [2.24, 2.45) is 0 Å². The van der Waals surface area contributed by atoms with Crippen LogP contribution in [0, 0.1) is 6.92 Å². The SMILES string of the molecule is COc1ccc(CC(=O)N(Cc2ccccc2C)C(C)C(=O)NC2CCCC2)cc1. The summed E-state index contributed by atoms with van der Waals surface area (Å²) in [6, 6.07) is 15.2. The summed E-state index contributed by atoms with van der Waals surface area (Å²) in [6.45, 7) is 4.28. The first kappa shape index (κ1) is 21.9. The van der Waals surface area contributed by atoms with Gasteiger partial charge in [0, 0.05) is 12.6 Å². The zero-order chi connectivity index (χ0) is 21.5. The molecule has 1 aliphatic rings. The molecule has 0 spiro atoms. The number of carbonyl (C=O) groups excluding carboxylic acids is 2. The van der Waals surface area contributed by atoms with Gasteiger partial charge >= 0.3 is 0 Å². The highest BCUT2D eigenvalue weighted by Gasteiger charge is 2.28. The lowest BCUT2D eigenvalue weighted by molar-refractivity contribution is -0.140. The maximum atomic E-state index is 13.3. The van der Waals surface area contributed by atoms with Gasteiger partial charge in [-0.2, -0.15) is 0 Å². The Hall–Kier alpha value is -2.82. The number of hydrogen-bond acceptors (Lipinski definition) is 3. The Morgan fingerprint density at radius 3 is 2.40 bits per heavy atom. The van der Waals surface area contributed by atoms with E-state index in [1.54, 1.807) is 12.0 Å². The van der Waals surface area contributed by atoms with Crippen molar-refractivity contribution in [2.45, 2.75) is 64.6 Å². The molecule has 5 heteroatoms. The average molecular weight is 409 g/mol. The molecule has 2 aromatic rings.